The molecule has 0 aliphatic rings. The van der Waals surface area contributed by atoms with Gasteiger partial charge in [-0.05, 0) is 19.4 Å². The molecule has 0 saturated heterocycles. The summed E-state index contributed by atoms with van der Waals surface area (Å²) < 4.78 is 12.8. The van der Waals surface area contributed by atoms with Crippen LogP contribution in [0.4, 0.5) is 0 Å². The predicted molar refractivity (Wildman–Crippen MR) is 89.9 cm³/mol. The number of hydrogen-bond donors (Lipinski definition) is 0. The first-order chi connectivity index (χ1) is 11.7. The fraction of sp³-hybridized carbons (Fsp3) is 0.278. The van der Waals surface area contributed by atoms with Crippen molar-refractivity contribution in [3.63, 3.8) is 0 Å². The van der Waals surface area contributed by atoms with Crippen molar-refractivity contribution in [3.05, 3.63) is 53.9 Å². The highest BCUT2D eigenvalue weighted by atomic mass is 16.5. The van der Waals surface area contributed by atoms with Crippen molar-refractivity contribution in [3.8, 4) is 5.75 Å². The molecule has 0 aliphatic carbocycles. The van der Waals surface area contributed by atoms with Gasteiger partial charge in [0.15, 0.2) is 5.65 Å². The van der Waals surface area contributed by atoms with Crippen LogP contribution in [0, 0.1) is 0 Å². The Labute approximate surface area is 140 Å². The van der Waals surface area contributed by atoms with E-state index in [0.29, 0.717) is 42.1 Å². The third-order valence-electron chi connectivity index (χ3n) is 3.64. The van der Waals surface area contributed by atoms with Crippen molar-refractivity contribution >= 4 is 17.0 Å². The van der Waals surface area contributed by atoms with Crippen molar-refractivity contribution in [2.24, 2.45) is 0 Å². The summed E-state index contributed by atoms with van der Waals surface area (Å²) >= 11 is 0. The Morgan fingerprint density at radius 1 is 1.17 bits per heavy atom. The third-order valence-corrected chi connectivity index (χ3v) is 3.64. The Hall–Kier alpha value is -2.89. The van der Waals surface area contributed by atoms with Crippen LogP contribution in [0.3, 0.4) is 0 Å². The molecule has 0 N–H and O–H groups in total. The standard InChI is InChI=1S/C18H19N3O3/c1-3-21-17-14(11-20-21)16(15(10-19-17)18(22)23-4-2)24-12-13-8-6-5-7-9-13/h5-11H,3-4,12H2,1-2H3. The minimum absolute atomic E-state index is 0.295. The number of aryl methyl sites for hydroxylation is 1. The Kier molecular flexibility index (Phi) is 4.74. The first-order valence-electron chi connectivity index (χ1n) is 7.93. The second-order valence-corrected chi connectivity index (χ2v) is 5.19. The zero-order valence-corrected chi connectivity index (χ0v) is 13.7. The number of carbonyl (C=O) groups is 1. The lowest BCUT2D eigenvalue weighted by atomic mass is 10.2. The molecule has 0 amide bonds. The number of esters is 1. The lowest BCUT2D eigenvalue weighted by molar-refractivity contribution is 0.0521. The molecule has 0 spiro atoms. The van der Waals surface area contributed by atoms with E-state index in [1.54, 1.807) is 17.8 Å². The van der Waals surface area contributed by atoms with Crippen molar-refractivity contribution in [2.45, 2.75) is 27.0 Å². The summed E-state index contributed by atoms with van der Waals surface area (Å²) in [5.74, 6) is 0.0150. The minimum Gasteiger partial charge on any atom is -0.487 e. The van der Waals surface area contributed by atoms with Crippen LogP contribution in [-0.4, -0.2) is 27.3 Å². The lowest BCUT2D eigenvalue weighted by Crippen LogP contribution is -2.09. The number of aromatic nitrogens is 3. The molecule has 0 aliphatic heterocycles. The summed E-state index contributed by atoms with van der Waals surface area (Å²) in [5, 5.41) is 5.00. The quantitative estimate of drug-likeness (QED) is 0.651. The van der Waals surface area contributed by atoms with Crippen molar-refractivity contribution in [2.75, 3.05) is 6.61 Å². The summed E-state index contributed by atoms with van der Waals surface area (Å²) in [5.41, 5.74) is 2.02. The maximum absolute atomic E-state index is 12.2. The van der Waals surface area contributed by atoms with Gasteiger partial charge in [0, 0.05) is 12.7 Å². The summed E-state index contributed by atoms with van der Waals surface area (Å²) in [6.45, 7) is 5.08. The first kappa shape index (κ1) is 16.0. The fourth-order valence-corrected chi connectivity index (χ4v) is 2.48. The minimum atomic E-state index is -0.445. The Bertz CT molecular complexity index is 843. The monoisotopic (exact) mass is 325 g/mol. The SMILES string of the molecule is CCOC(=O)c1cnc2c(cnn2CC)c1OCc1ccccc1. The normalized spacial score (nSPS) is 10.8. The summed E-state index contributed by atoms with van der Waals surface area (Å²) in [6, 6.07) is 9.78. The van der Waals surface area contributed by atoms with E-state index in [0.717, 1.165) is 5.56 Å². The fourth-order valence-electron chi connectivity index (χ4n) is 2.48. The van der Waals surface area contributed by atoms with E-state index in [1.165, 1.54) is 6.20 Å². The van der Waals surface area contributed by atoms with Crippen LogP contribution in [0.15, 0.2) is 42.7 Å². The van der Waals surface area contributed by atoms with Crippen molar-refractivity contribution in [1.29, 1.82) is 0 Å². The molecule has 3 aromatic rings. The van der Waals surface area contributed by atoms with Gasteiger partial charge in [0.05, 0.1) is 18.2 Å². The van der Waals surface area contributed by atoms with Gasteiger partial charge in [-0.1, -0.05) is 30.3 Å². The average Bonchev–Trinajstić information content (AvgIpc) is 3.04. The molecule has 0 saturated carbocycles. The molecule has 0 unspecified atom stereocenters. The lowest BCUT2D eigenvalue weighted by Gasteiger charge is -2.12. The molecule has 124 valence electrons. The van der Waals surface area contributed by atoms with E-state index in [9.17, 15) is 4.79 Å². The number of ether oxygens (including phenoxy) is 2. The van der Waals surface area contributed by atoms with Gasteiger partial charge in [0.25, 0.3) is 0 Å². The van der Waals surface area contributed by atoms with Gasteiger partial charge in [0.1, 0.15) is 17.9 Å². The second kappa shape index (κ2) is 7.12. The van der Waals surface area contributed by atoms with Crippen LogP contribution in [0.1, 0.15) is 29.8 Å². The van der Waals surface area contributed by atoms with E-state index in [1.807, 2.05) is 37.3 Å². The van der Waals surface area contributed by atoms with Crippen LogP contribution in [0.2, 0.25) is 0 Å². The average molecular weight is 325 g/mol. The van der Waals surface area contributed by atoms with E-state index in [4.69, 9.17) is 9.47 Å². The number of carbonyl (C=O) groups excluding carboxylic acids is 1. The summed E-state index contributed by atoms with van der Waals surface area (Å²) in [4.78, 5) is 16.6. The molecule has 0 fully saturated rings. The number of hydrogen-bond acceptors (Lipinski definition) is 5. The van der Waals surface area contributed by atoms with Crippen LogP contribution >= 0.6 is 0 Å². The topological polar surface area (TPSA) is 66.2 Å². The van der Waals surface area contributed by atoms with Crippen molar-refractivity contribution in [1.82, 2.24) is 14.8 Å². The van der Waals surface area contributed by atoms with E-state index >= 15 is 0 Å². The van der Waals surface area contributed by atoms with Gasteiger partial charge in [-0.15, -0.1) is 0 Å². The maximum Gasteiger partial charge on any atom is 0.343 e. The molecule has 1 aromatic carbocycles. The Morgan fingerprint density at radius 2 is 1.96 bits per heavy atom. The molecular weight excluding hydrogens is 306 g/mol. The van der Waals surface area contributed by atoms with Gasteiger partial charge >= 0.3 is 5.97 Å². The summed E-state index contributed by atoms with van der Waals surface area (Å²) in [7, 11) is 0. The Morgan fingerprint density at radius 3 is 2.67 bits per heavy atom. The van der Waals surface area contributed by atoms with Gasteiger partial charge in [0.2, 0.25) is 0 Å². The number of nitrogens with zero attached hydrogens (tertiary/aromatic N) is 3. The molecular formula is C18H19N3O3. The predicted octanol–water partition coefficient (Wildman–Crippen LogP) is 3.21. The molecule has 6 heteroatoms. The summed E-state index contributed by atoms with van der Waals surface area (Å²) in [6.07, 6.45) is 3.17. The largest absolute Gasteiger partial charge is 0.487 e. The van der Waals surface area contributed by atoms with Crippen LogP contribution in [0.5, 0.6) is 5.75 Å². The molecule has 0 bridgehead atoms. The molecule has 6 nitrogen and oxygen atoms in total. The highest BCUT2D eigenvalue weighted by molar-refractivity contribution is 5.98. The molecule has 24 heavy (non-hydrogen) atoms. The molecule has 0 atom stereocenters. The molecule has 3 rings (SSSR count). The number of rotatable bonds is 6. The van der Waals surface area contributed by atoms with Crippen LogP contribution < -0.4 is 4.74 Å². The molecule has 2 aromatic heterocycles. The number of pyridine rings is 1. The Balaban J connectivity index is 2.01. The van der Waals surface area contributed by atoms with Gasteiger partial charge in [-0.2, -0.15) is 5.10 Å². The van der Waals surface area contributed by atoms with Crippen LogP contribution in [-0.2, 0) is 17.9 Å². The smallest absolute Gasteiger partial charge is 0.343 e. The van der Waals surface area contributed by atoms with E-state index in [-0.39, 0.29) is 0 Å². The molecule has 2 heterocycles. The van der Waals surface area contributed by atoms with Gasteiger partial charge in [-0.3, -0.25) is 0 Å². The van der Waals surface area contributed by atoms with Crippen molar-refractivity contribution < 1.29 is 14.3 Å². The van der Waals surface area contributed by atoms with E-state index < -0.39 is 5.97 Å². The second-order valence-electron chi connectivity index (χ2n) is 5.19. The van der Waals surface area contributed by atoms with Gasteiger partial charge < -0.3 is 9.47 Å². The van der Waals surface area contributed by atoms with Crippen LogP contribution in [0.25, 0.3) is 11.0 Å². The number of benzene rings is 1. The zero-order chi connectivity index (χ0) is 16.9. The highest BCUT2D eigenvalue weighted by Crippen LogP contribution is 2.29. The maximum atomic E-state index is 12.2. The van der Waals surface area contributed by atoms with Gasteiger partial charge in [-0.25, -0.2) is 14.5 Å². The first-order valence-corrected chi connectivity index (χ1v) is 7.93. The highest BCUT2D eigenvalue weighted by Gasteiger charge is 2.20. The molecule has 0 radical (unpaired) electrons. The van der Waals surface area contributed by atoms with E-state index in [2.05, 4.69) is 10.1 Å². The third kappa shape index (κ3) is 3.08. The zero-order valence-electron chi connectivity index (χ0n) is 13.7. The number of fused-ring (bicyclic) bond motifs is 1.